The maximum absolute atomic E-state index is 14.1. The predicted molar refractivity (Wildman–Crippen MR) is 88.0 cm³/mol. The number of ether oxygens (including phenoxy) is 1. The summed E-state index contributed by atoms with van der Waals surface area (Å²) in [7, 11) is 1.48. The number of hydrogen-bond donors (Lipinski definition) is 1. The molecule has 1 heterocycles. The molecule has 1 aliphatic rings. The number of rotatable bonds is 2. The Morgan fingerprint density at radius 1 is 1.29 bits per heavy atom. The summed E-state index contributed by atoms with van der Waals surface area (Å²) in [5.74, 6) is -1.25. The van der Waals surface area contributed by atoms with Crippen LogP contribution in [0.3, 0.4) is 0 Å². The number of anilines is 1. The summed E-state index contributed by atoms with van der Waals surface area (Å²) in [6.07, 6.45) is -0.871. The summed E-state index contributed by atoms with van der Waals surface area (Å²) in [4.78, 5) is 26.1. The Hall–Kier alpha value is -2.60. The quantitative estimate of drug-likeness (QED) is 0.907. The van der Waals surface area contributed by atoms with Crippen molar-refractivity contribution in [1.82, 2.24) is 5.32 Å². The normalized spacial score (nSPS) is 16.1. The summed E-state index contributed by atoms with van der Waals surface area (Å²) >= 11 is 5.73. The van der Waals surface area contributed by atoms with Gasteiger partial charge in [-0.05, 0) is 30.3 Å². The molecule has 0 bridgehead atoms. The zero-order valence-corrected chi connectivity index (χ0v) is 13.5. The first-order valence-corrected chi connectivity index (χ1v) is 7.63. The van der Waals surface area contributed by atoms with E-state index in [9.17, 15) is 14.0 Å². The van der Waals surface area contributed by atoms with Crippen LogP contribution < -0.4 is 15.0 Å². The molecule has 1 unspecified atom stereocenters. The van der Waals surface area contributed by atoms with Gasteiger partial charge in [-0.2, -0.15) is 0 Å². The van der Waals surface area contributed by atoms with E-state index < -0.39 is 17.8 Å². The van der Waals surface area contributed by atoms with Crippen LogP contribution in [0.5, 0.6) is 5.75 Å². The molecule has 1 N–H and O–H groups in total. The second-order valence-corrected chi connectivity index (χ2v) is 5.66. The maximum Gasteiger partial charge on any atom is 0.262 e. The Balaban J connectivity index is 2.01. The molecule has 2 aromatic carbocycles. The molecule has 0 saturated heterocycles. The van der Waals surface area contributed by atoms with Crippen molar-refractivity contribution in [2.24, 2.45) is 0 Å². The zero-order chi connectivity index (χ0) is 17.3. The first-order chi connectivity index (χ1) is 11.5. The van der Waals surface area contributed by atoms with E-state index in [0.717, 1.165) is 6.07 Å². The van der Waals surface area contributed by atoms with Crippen molar-refractivity contribution in [2.45, 2.75) is 6.10 Å². The smallest absolute Gasteiger partial charge is 0.262 e. The van der Waals surface area contributed by atoms with Crippen LogP contribution in [0.2, 0.25) is 5.02 Å². The molecule has 0 fully saturated rings. The number of amides is 2. The molecular formula is C17H14ClFN2O3. The van der Waals surface area contributed by atoms with Crippen LogP contribution in [-0.2, 0) is 4.79 Å². The van der Waals surface area contributed by atoms with Crippen molar-refractivity contribution in [2.75, 3.05) is 18.5 Å². The van der Waals surface area contributed by atoms with Gasteiger partial charge in [0.05, 0.1) is 17.8 Å². The number of likely N-dealkylation sites (N-methyl/N-ethyl adjacent to an activating group) is 1. The van der Waals surface area contributed by atoms with E-state index >= 15 is 0 Å². The molecule has 0 aromatic heterocycles. The Morgan fingerprint density at radius 2 is 2.04 bits per heavy atom. The Morgan fingerprint density at radius 3 is 2.75 bits per heavy atom. The molecule has 0 aliphatic carbocycles. The number of carbonyl (C=O) groups excluding carboxylic acids is 2. The minimum Gasteiger partial charge on any atom is -0.477 e. The molecule has 7 heteroatoms. The molecule has 124 valence electrons. The molecular weight excluding hydrogens is 335 g/mol. The van der Waals surface area contributed by atoms with E-state index in [2.05, 4.69) is 5.32 Å². The topological polar surface area (TPSA) is 58.6 Å². The van der Waals surface area contributed by atoms with E-state index in [-0.39, 0.29) is 23.0 Å². The summed E-state index contributed by atoms with van der Waals surface area (Å²) < 4.78 is 19.7. The predicted octanol–water partition coefficient (Wildman–Crippen LogP) is 2.63. The third-order valence-electron chi connectivity index (χ3n) is 3.72. The zero-order valence-electron chi connectivity index (χ0n) is 12.8. The van der Waals surface area contributed by atoms with Gasteiger partial charge in [0.25, 0.3) is 11.8 Å². The molecule has 2 aromatic rings. The fourth-order valence-corrected chi connectivity index (χ4v) is 2.69. The first-order valence-electron chi connectivity index (χ1n) is 7.25. The number of fused-ring (bicyclic) bond motifs is 1. The highest BCUT2D eigenvalue weighted by Crippen LogP contribution is 2.34. The lowest BCUT2D eigenvalue weighted by Crippen LogP contribution is -2.50. The lowest BCUT2D eigenvalue weighted by atomic mass is 10.1. The van der Waals surface area contributed by atoms with E-state index in [1.54, 1.807) is 24.3 Å². The van der Waals surface area contributed by atoms with Gasteiger partial charge in [0, 0.05) is 12.1 Å². The minimum absolute atomic E-state index is 0.0163. The molecule has 1 atom stereocenters. The molecule has 0 spiro atoms. The van der Waals surface area contributed by atoms with E-state index in [0.29, 0.717) is 11.4 Å². The van der Waals surface area contributed by atoms with E-state index in [1.807, 2.05) is 0 Å². The van der Waals surface area contributed by atoms with Crippen molar-refractivity contribution in [3.05, 3.63) is 58.9 Å². The number of halogens is 2. The van der Waals surface area contributed by atoms with Crippen LogP contribution in [0.25, 0.3) is 0 Å². The lowest BCUT2D eigenvalue weighted by Gasteiger charge is -2.34. The van der Waals surface area contributed by atoms with Crippen LogP contribution in [0.4, 0.5) is 10.1 Å². The number of benzene rings is 2. The van der Waals surface area contributed by atoms with Crippen molar-refractivity contribution in [3.63, 3.8) is 0 Å². The summed E-state index contributed by atoms with van der Waals surface area (Å²) in [5, 5.41) is 2.69. The van der Waals surface area contributed by atoms with Crippen LogP contribution in [-0.4, -0.2) is 31.5 Å². The summed E-state index contributed by atoms with van der Waals surface area (Å²) in [5.41, 5.74) is 0.365. The van der Waals surface area contributed by atoms with Crippen molar-refractivity contribution in [3.8, 4) is 5.75 Å². The number of hydrogen-bond acceptors (Lipinski definition) is 3. The van der Waals surface area contributed by atoms with Gasteiger partial charge in [0.2, 0.25) is 0 Å². The van der Waals surface area contributed by atoms with Crippen LogP contribution in [0.1, 0.15) is 10.4 Å². The largest absolute Gasteiger partial charge is 0.477 e. The first kappa shape index (κ1) is 16.3. The van der Waals surface area contributed by atoms with Gasteiger partial charge in [-0.25, -0.2) is 4.39 Å². The summed E-state index contributed by atoms with van der Waals surface area (Å²) in [6, 6.07) is 10.7. The molecule has 5 nitrogen and oxygen atoms in total. The van der Waals surface area contributed by atoms with Crippen LogP contribution in [0, 0.1) is 5.82 Å². The number of nitrogens with zero attached hydrogens (tertiary/aromatic N) is 1. The highest BCUT2D eigenvalue weighted by atomic mass is 35.5. The van der Waals surface area contributed by atoms with Gasteiger partial charge in [-0.3, -0.25) is 9.59 Å². The maximum atomic E-state index is 14.1. The third-order valence-corrected chi connectivity index (χ3v) is 3.95. The average molecular weight is 349 g/mol. The number of carbonyl (C=O) groups is 2. The Labute approximate surface area is 143 Å². The van der Waals surface area contributed by atoms with Crippen molar-refractivity contribution >= 4 is 29.1 Å². The SMILES string of the molecule is CNC(=O)C1CN(C(=O)c2ccc(Cl)cc2F)c2ccccc2O1. The molecule has 0 saturated carbocycles. The van der Waals surface area contributed by atoms with Crippen LogP contribution in [0.15, 0.2) is 42.5 Å². The van der Waals surface area contributed by atoms with Gasteiger partial charge >= 0.3 is 0 Å². The third kappa shape index (κ3) is 2.92. The molecule has 0 radical (unpaired) electrons. The molecule has 1 aliphatic heterocycles. The average Bonchev–Trinajstić information content (AvgIpc) is 2.59. The van der Waals surface area contributed by atoms with Gasteiger partial charge < -0.3 is 15.0 Å². The standard InChI is InChI=1S/C17H14ClFN2O3/c1-20-16(22)15-9-21(13-4-2-3-5-14(13)24-15)17(23)11-7-6-10(18)8-12(11)19/h2-8,15H,9H2,1H3,(H,20,22). The number of para-hydroxylation sites is 2. The fraction of sp³-hybridized carbons (Fsp3) is 0.176. The second-order valence-electron chi connectivity index (χ2n) is 5.23. The van der Waals surface area contributed by atoms with Crippen LogP contribution >= 0.6 is 11.6 Å². The van der Waals surface area contributed by atoms with E-state index in [4.69, 9.17) is 16.3 Å². The van der Waals surface area contributed by atoms with Gasteiger partial charge in [-0.15, -0.1) is 0 Å². The minimum atomic E-state index is -0.871. The van der Waals surface area contributed by atoms with E-state index in [1.165, 1.54) is 24.1 Å². The second kappa shape index (κ2) is 6.49. The van der Waals surface area contributed by atoms with Crippen molar-refractivity contribution in [1.29, 1.82) is 0 Å². The molecule has 2 amide bonds. The fourth-order valence-electron chi connectivity index (χ4n) is 2.53. The van der Waals surface area contributed by atoms with Crippen molar-refractivity contribution < 1.29 is 18.7 Å². The lowest BCUT2D eigenvalue weighted by molar-refractivity contribution is -0.127. The highest BCUT2D eigenvalue weighted by molar-refractivity contribution is 6.30. The highest BCUT2D eigenvalue weighted by Gasteiger charge is 2.34. The Kier molecular flexibility index (Phi) is 4.40. The van der Waals surface area contributed by atoms with Gasteiger partial charge in [0.15, 0.2) is 6.10 Å². The Bertz CT molecular complexity index is 812. The van der Waals surface area contributed by atoms with Gasteiger partial charge in [0.1, 0.15) is 11.6 Å². The number of nitrogens with one attached hydrogen (secondary N) is 1. The van der Waals surface area contributed by atoms with Gasteiger partial charge in [-0.1, -0.05) is 23.7 Å². The molecule has 3 rings (SSSR count). The molecule has 24 heavy (non-hydrogen) atoms. The summed E-state index contributed by atoms with van der Waals surface area (Å²) in [6.45, 7) is -0.0163. The monoisotopic (exact) mass is 348 g/mol.